The lowest BCUT2D eigenvalue weighted by molar-refractivity contribution is -0.116. The quantitative estimate of drug-likeness (QED) is 0.811. The van der Waals surface area contributed by atoms with Gasteiger partial charge in [0, 0.05) is 18.3 Å². The number of para-hydroxylation sites is 1. The first-order chi connectivity index (χ1) is 11.8. The number of nitrogens with zero attached hydrogens (tertiary/aromatic N) is 1. The van der Waals surface area contributed by atoms with Gasteiger partial charge >= 0.3 is 0 Å². The fourth-order valence-electron chi connectivity index (χ4n) is 2.14. The van der Waals surface area contributed by atoms with E-state index in [0.717, 1.165) is 0 Å². The molecule has 8 heteroatoms. The van der Waals surface area contributed by atoms with Crippen LogP contribution in [-0.2, 0) is 14.8 Å². The smallest absolute Gasteiger partial charge is 0.254 e. The predicted molar refractivity (Wildman–Crippen MR) is 94.7 cm³/mol. The van der Waals surface area contributed by atoms with E-state index >= 15 is 0 Å². The van der Waals surface area contributed by atoms with Crippen LogP contribution in [0.25, 0.3) is 0 Å². The average molecular weight is 361 g/mol. The summed E-state index contributed by atoms with van der Waals surface area (Å²) in [7, 11) is -0.870. The summed E-state index contributed by atoms with van der Waals surface area (Å²) in [4.78, 5) is 25.7. The highest BCUT2D eigenvalue weighted by Crippen LogP contribution is 2.13. The van der Waals surface area contributed by atoms with E-state index in [1.165, 1.54) is 43.3 Å². The van der Waals surface area contributed by atoms with E-state index in [1.54, 1.807) is 24.3 Å². The lowest BCUT2D eigenvalue weighted by Crippen LogP contribution is -2.35. The zero-order chi connectivity index (χ0) is 18.4. The van der Waals surface area contributed by atoms with E-state index in [2.05, 4.69) is 10.0 Å². The Morgan fingerprint density at radius 2 is 1.72 bits per heavy atom. The number of benzene rings is 2. The molecule has 0 aromatic heterocycles. The van der Waals surface area contributed by atoms with Crippen LogP contribution in [0.2, 0.25) is 0 Å². The number of nitrogens with one attached hydrogen (secondary N) is 2. The third kappa shape index (κ3) is 4.88. The minimum Gasteiger partial charge on any atom is -0.332 e. The molecule has 0 heterocycles. The summed E-state index contributed by atoms with van der Waals surface area (Å²) < 4.78 is 25.8. The molecule has 0 radical (unpaired) electrons. The van der Waals surface area contributed by atoms with Crippen molar-refractivity contribution in [2.75, 3.05) is 26.0 Å². The van der Waals surface area contributed by atoms with Crippen LogP contribution in [0, 0.1) is 0 Å². The van der Waals surface area contributed by atoms with Gasteiger partial charge in [0.15, 0.2) is 0 Å². The molecule has 0 saturated carbocycles. The lowest BCUT2D eigenvalue weighted by Gasteiger charge is -2.17. The Morgan fingerprint density at radius 1 is 1.04 bits per heavy atom. The molecule has 0 unspecified atom stereocenters. The molecule has 25 heavy (non-hydrogen) atoms. The Labute approximate surface area is 146 Å². The highest BCUT2D eigenvalue weighted by atomic mass is 32.2. The number of hydrogen-bond acceptors (Lipinski definition) is 4. The number of carbonyl (C=O) groups excluding carboxylic acids is 2. The maximum absolute atomic E-state index is 12.4. The molecule has 0 atom stereocenters. The van der Waals surface area contributed by atoms with Crippen molar-refractivity contribution in [2.24, 2.45) is 0 Å². The van der Waals surface area contributed by atoms with E-state index in [-0.39, 0.29) is 22.9 Å². The van der Waals surface area contributed by atoms with Gasteiger partial charge in [-0.15, -0.1) is 0 Å². The Hall–Kier alpha value is -2.71. The average Bonchev–Trinajstić information content (AvgIpc) is 2.61. The first kappa shape index (κ1) is 18.6. The van der Waals surface area contributed by atoms with Gasteiger partial charge in [-0.1, -0.05) is 24.3 Å². The minimum atomic E-state index is -3.64. The first-order valence-corrected chi connectivity index (χ1v) is 8.96. The van der Waals surface area contributed by atoms with Crippen LogP contribution in [0.1, 0.15) is 10.4 Å². The molecule has 0 fully saturated rings. The van der Waals surface area contributed by atoms with Crippen LogP contribution in [0.15, 0.2) is 59.5 Å². The zero-order valence-corrected chi connectivity index (χ0v) is 14.7. The highest BCUT2D eigenvalue weighted by Gasteiger charge is 2.18. The monoisotopic (exact) mass is 361 g/mol. The number of hydrogen-bond donors (Lipinski definition) is 2. The number of likely N-dealkylation sites (N-methyl/N-ethyl adjacent to an activating group) is 1. The summed E-state index contributed by atoms with van der Waals surface area (Å²) in [5.41, 5.74) is 0.821. The largest absolute Gasteiger partial charge is 0.332 e. The molecular formula is C17H19N3O4S. The number of anilines is 1. The van der Waals surface area contributed by atoms with Gasteiger partial charge in [-0.3, -0.25) is 9.59 Å². The molecule has 2 amide bonds. The second kappa shape index (κ2) is 7.91. The molecular weight excluding hydrogens is 342 g/mol. The van der Waals surface area contributed by atoms with Crippen molar-refractivity contribution in [3.63, 3.8) is 0 Å². The fraction of sp³-hybridized carbons (Fsp3) is 0.176. The van der Waals surface area contributed by atoms with Gasteiger partial charge in [0.25, 0.3) is 5.91 Å². The Kier molecular flexibility index (Phi) is 5.89. The van der Waals surface area contributed by atoms with E-state index in [0.29, 0.717) is 5.69 Å². The van der Waals surface area contributed by atoms with Gasteiger partial charge < -0.3 is 10.2 Å². The van der Waals surface area contributed by atoms with Crippen LogP contribution in [0.4, 0.5) is 5.69 Å². The van der Waals surface area contributed by atoms with Crippen LogP contribution >= 0.6 is 0 Å². The summed E-state index contributed by atoms with van der Waals surface area (Å²) in [6, 6.07) is 14.5. The molecule has 2 aromatic rings. The molecule has 2 aromatic carbocycles. The van der Waals surface area contributed by atoms with Crippen LogP contribution in [0.3, 0.4) is 0 Å². The predicted octanol–water partition coefficient (Wildman–Crippen LogP) is 1.31. The van der Waals surface area contributed by atoms with Gasteiger partial charge in [-0.05, 0) is 37.4 Å². The summed E-state index contributed by atoms with van der Waals surface area (Å²) >= 11 is 0. The fourth-order valence-corrected chi connectivity index (χ4v) is 2.92. The molecule has 0 bridgehead atoms. The van der Waals surface area contributed by atoms with Crippen molar-refractivity contribution >= 4 is 27.5 Å². The van der Waals surface area contributed by atoms with Gasteiger partial charge in [0.05, 0.1) is 11.4 Å². The van der Waals surface area contributed by atoms with Crippen molar-refractivity contribution in [3.8, 4) is 0 Å². The molecule has 2 N–H and O–H groups in total. The summed E-state index contributed by atoms with van der Waals surface area (Å²) in [6.45, 7) is -0.156. The standard InChI is InChI=1S/C17H19N3O4S/c1-18-25(23,24)15-10-6-7-13(11-15)17(22)20(2)12-16(21)19-14-8-4-3-5-9-14/h3-11,18H,12H2,1-2H3,(H,19,21). The van der Waals surface area contributed by atoms with Crippen molar-refractivity contribution in [3.05, 3.63) is 60.2 Å². The maximum atomic E-state index is 12.4. The Balaban J connectivity index is 2.07. The third-order valence-electron chi connectivity index (χ3n) is 3.45. The topological polar surface area (TPSA) is 95.6 Å². The minimum absolute atomic E-state index is 0.0111. The summed E-state index contributed by atoms with van der Waals surface area (Å²) in [6.07, 6.45) is 0. The van der Waals surface area contributed by atoms with E-state index in [4.69, 9.17) is 0 Å². The molecule has 7 nitrogen and oxygen atoms in total. The molecule has 0 spiro atoms. The zero-order valence-electron chi connectivity index (χ0n) is 13.9. The van der Waals surface area contributed by atoms with Crippen molar-refractivity contribution < 1.29 is 18.0 Å². The van der Waals surface area contributed by atoms with E-state index in [9.17, 15) is 18.0 Å². The number of amides is 2. The van der Waals surface area contributed by atoms with Crippen LogP contribution in [-0.4, -0.2) is 45.8 Å². The number of rotatable bonds is 6. The molecule has 0 aliphatic heterocycles. The lowest BCUT2D eigenvalue weighted by atomic mass is 10.2. The Bertz CT molecular complexity index is 866. The van der Waals surface area contributed by atoms with Crippen molar-refractivity contribution in [1.29, 1.82) is 0 Å². The van der Waals surface area contributed by atoms with Gasteiger partial charge in [0.2, 0.25) is 15.9 Å². The van der Waals surface area contributed by atoms with E-state index in [1.807, 2.05) is 6.07 Å². The normalized spacial score (nSPS) is 11.0. The highest BCUT2D eigenvalue weighted by molar-refractivity contribution is 7.89. The Morgan fingerprint density at radius 3 is 2.36 bits per heavy atom. The van der Waals surface area contributed by atoms with Crippen molar-refractivity contribution in [2.45, 2.75) is 4.90 Å². The van der Waals surface area contributed by atoms with Gasteiger partial charge in [0.1, 0.15) is 0 Å². The summed E-state index contributed by atoms with van der Waals surface area (Å²) in [5.74, 6) is -0.794. The van der Waals surface area contributed by atoms with Gasteiger partial charge in [-0.25, -0.2) is 13.1 Å². The second-order valence-corrected chi connectivity index (χ2v) is 7.20. The van der Waals surface area contributed by atoms with E-state index < -0.39 is 15.9 Å². The molecule has 0 saturated heterocycles. The summed E-state index contributed by atoms with van der Waals surface area (Å²) in [5, 5.41) is 2.69. The van der Waals surface area contributed by atoms with Crippen LogP contribution < -0.4 is 10.0 Å². The van der Waals surface area contributed by atoms with Crippen molar-refractivity contribution in [1.82, 2.24) is 9.62 Å². The van der Waals surface area contributed by atoms with Gasteiger partial charge in [-0.2, -0.15) is 0 Å². The maximum Gasteiger partial charge on any atom is 0.254 e. The molecule has 132 valence electrons. The van der Waals surface area contributed by atoms with Crippen LogP contribution in [0.5, 0.6) is 0 Å². The first-order valence-electron chi connectivity index (χ1n) is 7.47. The second-order valence-electron chi connectivity index (χ2n) is 5.31. The molecule has 0 aliphatic carbocycles. The SMILES string of the molecule is CNS(=O)(=O)c1cccc(C(=O)N(C)CC(=O)Nc2ccccc2)c1. The number of sulfonamides is 1. The third-order valence-corrected chi connectivity index (χ3v) is 4.86. The number of carbonyl (C=O) groups is 2. The molecule has 2 rings (SSSR count). The molecule has 0 aliphatic rings.